The number of aliphatic hydroxyl groups excluding tert-OH is 1. The van der Waals surface area contributed by atoms with E-state index in [-0.39, 0.29) is 24.6 Å². The number of nitrogens with zero attached hydrogens (tertiary/aromatic N) is 4. The lowest BCUT2D eigenvalue weighted by atomic mass is 9.83. The number of nitriles is 1. The predicted molar refractivity (Wildman–Crippen MR) is 133 cm³/mol. The minimum absolute atomic E-state index is 0.188. The monoisotopic (exact) mass is 498 g/mol. The van der Waals surface area contributed by atoms with Crippen molar-refractivity contribution >= 4 is 5.82 Å². The molecule has 36 heavy (non-hydrogen) atoms. The number of hydrogen-bond acceptors (Lipinski definition) is 9. The summed E-state index contributed by atoms with van der Waals surface area (Å²) in [6.45, 7) is 3.87. The van der Waals surface area contributed by atoms with E-state index in [4.69, 9.17) is 9.47 Å². The summed E-state index contributed by atoms with van der Waals surface area (Å²) in [5, 5.41) is 26.0. The molecular weight excluding hydrogens is 463 g/mol. The minimum atomic E-state index is -0.610. The molecule has 194 valence electrons. The molecule has 2 aliphatic rings. The van der Waals surface area contributed by atoms with Gasteiger partial charge < -0.3 is 25.2 Å². The summed E-state index contributed by atoms with van der Waals surface area (Å²) in [6.07, 6.45) is 9.87. The average Bonchev–Trinajstić information content (AvgIpc) is 2.90. The summed E-state index contributed by atoms with van der Waals surface area (Å²) in [5.41, 5.74) is 0.0280. The van der Waals surface area contributed by atoms with Crippen molar-refractivity contribution in [3.8, 4) is 23.2 Å². The molecular formula is C26H35FN6O3. The second-order valence-electron chi connectivity index (χ2n) is 9.87. The minimum Gasteiger partial charge on any atom is -0.475 e. The third-order valence-corrected chi connectivity index (χ3v) is 7.00. The van der Waals surface area contributed by atoms with Gasteiger partial charge in [0.25, 0.3) is 0 Å². The molecule has 0 amide bonds. The van der Waals surface area contributed by atoms with Gasteiger partial charge in [-0.15, -0.1) is 0 Å². The molecule has 1 unspecified atom stereocenters. The molecule has 1 saturated heterocycles. The van der Waals surface area contributed by atoms with Gasteiger partial charge in [-0.05, 0) is 64.5 Å². The zero-order valence-corrected chi connectivity index (χ0v) is 20.8. The predicted octanol–water partition coefficient (Wildman–Crippen LogP) is 3.46. The van der Waals surface area contributed by atoms with E-state index in [1.54, 1.807) is 13.0 Å². The van der Waals surface area contributed by atoms with E-state index in [0.717, 1.165) is 38.6 Å². The molecule has 0 radical (unpaired) electrons. The number of pyridine rings is 1. The number of aliphatic hydroxyl groups is 1. The summed E-state index contributed by atoms with van der Waals surface area (Å²) in [5.74, 6) is 0.354. The van der Waals surface area contributed by atoms with Crippen LogP contribution in [0.15, 0.2) is 24.7 Å². The summed E-state index contributed by atoms with van der Waals surface area (Å²) in [4.78, 5) is 12.9. The molecule has 2 aromatic rings. The SMILES string of the molecule is CC(O)CCN[C@H]1CC[C@H](Nc2cc(-c3cncc(OCC4(C#N)CCOCC4)n3)c(F)cn2)CC1. The van der Waals surface area contributed by atoms with Crippen molar-refractivity contribution in [2.45, 2.75) is 70.1 Å². The molecule has 10 heteroatoms. The molecule has 1 saturated carbocycles. The van der Waals surface area contributed by atoms with E-state index < -0.39 is 11.2 Å². The summed E-state index contributed by atoms with van der Waals surface area (Å²) >= 11 is 0. The number of halogens is 1. The molecule has 0 bridgehead atoms. The molecule has 1 aliphatic heterocycles. The molecule has 0 aromatic carbocycles. The van der Waals surface area contributed by atoms with Gasteiger partial charge in [0.2, 0.25) is 5.88 Å². The van der Waals surface area contributed by atoms with Gasteiger partial charge in [0.15, 0.2) is 5.82 Å². The highest BCUT2D eigenvalue weighted by molar-refractivity contribution is 5.63. The highest BCUT2D eigenvalue weighted by Gasteiger charge is 2.34. The summed E-state index contributed by atoms with van der Waals surface area (Å²) in [6, 6.07) is 4.73. The van der Waals surface area contributed by atoms with Crippen LogP contribution >= 0.6 is 0 Å². The Bertz CT molecular complexity index is 1030. The Morgan fingerprint density at radius 1 is 1.22 bits per heavy atom. The van der Waals surface area contributed by atoms with E-state index in [1.807, 2.05) is 0 Å². The van der Waals surface area contributed by atoms with E-state index in [1.165, 1.54) is 18.6 Å². The smallest absolute Gasteiger partial charge is 0.232 e. The van der Waals surface area contributed by atoms with Crippen molar-refractivity contribution in [1.29, 1.82) is 5.26 Å². The fourth-order valence-corrected chi connectivity index (χ4v) is 4.67. The van der Waals surface area contributed by atoms with Gasteiger partial charge in [-0.2, -0.15) is 5.26 Å². The zero-order valence-electron chi connectivity index (χ0n) is 20.8. The van der Waals surface area contributed by atoms with Crippen LogP contribution in [0.1, 0.15) is 51.9 Å². The van der Waals surface area contributed by atoms with Crippen LogP contribution in [-0.4, -0.2) is 64.6 Å². The van der Waals surface area contributed by atoms with E-state index in [2.05, 4.69) is 31.7 Å². The lowest BCUT2D eigenvalue weighted by Crippen LogP contribution is -2.38. The average molecular weight is 499 g/mol. The van der Waals surface area contributed by atoms with Crippen LogP contribution < -0.4 is 15.4 Å². The molecule has 1 atom stereocenters. The third kappa shape index (κ3) is 7.09. The highest BCUT2D eigenvalue weighted by atomic mass is 19.1. The molecule has 3 heterocycles. The maximum absolute atomic E-state index is 14.7. The van der Waals surface area contributed by atoms with Crippen LogP contribution in [0.4, 0.5) is 10.2 Å². The number of aromatic nitrogens is 3. The summed E-state index contributed by atoms with van der Waals surface area (Å²) < 4.78 is 25.9. The zero-order chi connectivity index (χ0) is 25.4. The fourth-order valence-electron chi connectivity index (χ4n) is 4.67. The molecule has 2 fully saturated rings. The Morgan fingerprint density at radius 3 is 2.69 bits per heavy atom. The van der Waals surface area contributed by atoms with Crippen molar-refractivity contribution in [3.63, 3.8) is 0 Å². The standard InChI is InChI=1S/C26H35FN6O3/c1-18(34)6-9-30-19-2-4-20(5-3-19)32-24-12-21(22(27)13-31-24)23-14-29-15-25(33-23)36-17-26(16-28)7-10-35-11-8-26/h12-15,18-20,30,34H,2-11,17H2,1H3,(H,31,32)/t18?,19-,20-. The van der Waals surface area contributed by atoms with Crippen molar-refractivity contribution in [3.05, 3.63) is 30.5 Å². The second kappa shape index (κ2) is 12.4. The lowest BCUT2D eigenvalue weighted by molar-refractivity contribution is 0.0182. The van der Waals surface area contributed by atoms with Gasteiger partial charge in [0.05, 0.1) is 41.9 Å². The topological polar surface area (TPSA) is 125 Å². The molecule has 3 N–H and O–H groups in total. The van der Waals surface area contributed by atoms with Gasteiger partial charge in [0, 0.05) is 30.9 Å². The Kier molecular flexibility index (Phi) is 9.02. The largest absolute Gasteiger partial charge is 0.475 e. The third-order valence-electron chi connectivity index (χ3n) is 7.00. The number of anilines is 1. The van der Waals surface area contributed by atoms with Crippen LogP contribution in [0.2, 0.25) is 0 Å². The van der Waals surface area contributed by atoms with Crippen LogP contribution in [0, 0.1) is 22.6 Å². The number of hydrogen-bond donors (Lipinski definition) is 3. The first-order valence-electron chi connectivity index (χ1n) is 12.7. The number of nitrogens with one attached hydrogen (secondary N) is 2. The van der Waals surface area contributed by atoms with Crippen LogP contribution in [0.25, 0.3) is 11.3 Å². The lowest BCUT2D eigenvalue weighted by Gasteiger charge is -2.30. The van der Waals surface area contributed by atoms with Gasteiger partial charge in [-0.25, -0.2) is 14.4 Å². The van der Waals surface area contributed by atoms with Crippen molar-refractivity contribution in [2.75, 3.05) is 31.7 Å². The first kappa shape index (κ1) is 26.2. The highest BCUT2D eigenvalue weighted by Crippen LogP contribution is 2.31. The van der Waals surface area contributed by atoms with Crippen LogP contribution in [0.5, 0.6) is 5.88 Å². The maximum Gasteiger partial charge on any atom is 0.232 e. The van der Waals surface area contributed by atoms with E-state index >= 15 is 0 Å². The maximum atomic E-state index is 14.7. The Balaban J connectivity index is 1.36. The van der Waals surface area contributed by atoms with Crippen molar-refractivity contribution in [1.82, 2.24) is 20.3 Å². The second-order valence-corrected chi connectivity index (χ2v) is 9.87. The Labute approximate surface area is 211 Å². The first-order valence-corrected chi connectivity index (χ1v) is 12.7. The molecule has 4 rings (SSSR count). The molecule has 2 aromatic heterocycles. The normalized spacial score (nSPS) is 22.4. The van der Waals surface area contributed by atoms with Gasteiger partial charge in [0.1, 0.15) is 12.4 Å². The van der Waals surface area contributed by atoms with E-state index in [9.17, 15) is 14.8 Å². The van der Waals surface area contributed by atoms with E-state index in [0.29, 0.717) is 49.2 Å². The Hall–Kier alpha value is -2.87. The molecule has 1 aliphatic carbocycles. The number of rotatable bonds is 10. The van der Waals surface area contributed by atoms with Gasteiger partial charge in [-0.1, -0.05) is 0 Å². The first-order chi connectivity index (χ1) is 17.5. The van der Waals surface area contributed by atoms with Crippen molar-refractivity contribution < 1.29 is 19.0 Å². The summed E-state index contributed by atoms with van der Waals surface area (Å²) in [7, 11) is 0. The van der Waals surface area contributed by atoms with Gasteiger partial charge >= 0.3 is 0 Å². The molecule has 9 nitrogen and oxygen atoms in total. The number of ether oxygens (including phenoxy) is 2. The van der Waals surface area contributed by atoms with Crippen molar-refractivity contribution in [2.24, 2.45) is 5.41 Å². The van der Waals surface area contributed by atoms with Crippen LogP contribution in [-0.2, 0) is 4.74 Å². The fraction of sp³-hybridized carbons (Fsp3) is 0.615. The Morgan fingerprint density at radius 2 is 1.97 bits per heavy atom. The van der Waals surface area contributed by atoms with Gasteiger partial charge in [-0.3, -0.25) is 4.98 Å². The molecule has 0 spiro atoms. The van der Waals surface area contributed by atoms with Crippen LogP contribution in [0.3, 0.4) is 0 Å². The quantitative estimate of drug-likeness (QED) is 0.451.